The number of ether oxygens (including phenoxy) is 2. The van der Waals surface area contributed by atoms with Crippen LogP contribution in [0.15, 0.2) is 54.6 Å². The number of nitrogens with one attached hydrogen (secondary N) is 1. The van der Waals surface area contributed by atoms with Crippen LogP contribution in [-0.4, -0.2) is 36.7 Å². The molecular formula is C18H17NO6. The Labute approximate surface area is 144 Å². The van der Waals surface area contributed by atoms with E-state index in [0.29, 0.717) is 5.56 Å². The van der Waals surface area contributed by atoms with Gasteiger partial charge in [0.25, 0.3) is 5.91 Å². The molecule has 1 atom stereocenters. The number of aliphatic hydroxyl groups excluding tert-OH is 1. The highest BCUT2D eigenvalue weighted by molar-refractivity contribution is 6.01. The fourth-order valence-corrected chi connectivity index (χ4v) is 2.05. The van der Waals surface area contributed by atoms with Gasteiger partial charge in [0.1, 0.15) is 0 Å². The molecule has 2 aromatic carbocycles. The molecule has 0 aromatic heterocycles. The van der Waals surface area contributed by atoms with Gasteiger partial charge in [-0.15, -0.1) is 0 Å². The molecule has 0 aliphatic rings. The van der Waals surface area contributed by atoms with Gasteiger partial charge in [-0.2, -0.15) is 0 Å². The van der Waals surface area contributed by atoms with Crippen LogP contribution in [0.5, 0.6) is 0 Å². The molecule has 0 saturated carbocycles. The average Bonchev–Trinajstić information content (AvgIpc) is 2.66. The number of esters is 2. The normalized spacial score (nSPS) is 11.3. The predicted molar refractivity (Wildman–Crippen MR) is 88.8 cm³/mol. The first-order valence-corrected chi connectivity index (χ1v) is 7.39. The molecule has 0 fully saturated rings. The fourth-order valence-electron chi connectivity index (χ4n) is 2.05. The number of para-hydroxylation sites is 1. The van der Waals surface area contributed by atoms with Crippen molar-refractivity contribution in [1.29, 1.82) is 0 Å². The second-order valence-electron chi connectivity index (χ2n) is 5.01. The molecule has 0 saturated heterocycles. The van der Waals surface area contributed by atoms with Gasteiger partial charge in [0.15, 0.2) is 12.7 Å². The van der Waals surface area contributed by atoms with Crippen LogP contribution in [0.3, 0.4) is 0 Å². The Morgan fingerprint density at radius 3 is 2.36 bits per heavy atom. The zero-order valence-corrected chi connectivity index (χ0v) is 13.5. The highest BCUT2D eigenvalue weighted by Crippen LogP contribution is 2.16. The molecule has 7 heteroatoms. The molecular weight excluding hydrogens is 326 g/mol. The Hall–Kier alpha value is -3.19. The molecule has 25 heavy (non-hydrogen) atoms. The Morgan fingerprint density at radius 2 is 1.68 bits per heavy atom. The second kappa shape index (κ2) is 8.60. The van der Waals surface area contributed by atoms with Gasteiger partial charge >= 0.3 is 11.9 Å². The smallest absolute Gasteiger partial charge is 0.340 e. The molecule has 7 nitrogen and oxygen atoms in total. The third-order valence-electron chi connectivity index (χ3n) is 3.29. The quantitative estimate of drug-likeness (QED) is 0.774. The maximum atomic E-state index is 11.9. The van der Waals surface area contributed by atoms with Crippen molar-refractivity contribution in [3.8, 4) is 0 Å². The lowest BCUT2D eigenvalue weighted by molar-refractivity contribution is -0.156. The third-order valence-corrected chi connectivity index (χ3v) is 3.29. The Morgan fingerprint density at radius 1 is 1.04 bits per heavy atom. The number of benzene rings is 2. The van der Waals surface area contributed by atoms with Crippen LogP contribution in [0.2, 0.25) is 0 Å². The van der Waals surface area contributed by atoms with E-state index in [2.05, 4.69) is 10.1 Å². The number of hydrogen-bond donors (Lipinski definition) is 2. The van der Waals surface area contributed by atoms with Crippen LogP contribution >= 0.6 is 0 Å². The van der Waals surface area contributed by atoms with Crippen molar-refractivity contribution in [3.05, 3.63) is 65.7 Å². The first kappa shape index (κ1) is 18.2. The van der Waals surface area contributed by atoms with E-state index < -0.39 is 30.6 Å². The molecule has 0 spiro atoms. The maximum absolute atomic E-state index is 11.9. The zero-order chi connectivity index (χ0) is 18.2. The first-order valence-electron chi connectivity index (χ1n) is 7.39. The minimum absolute atomic E-state index is 0.175. The van der Waals surface area contributed by atoms with Gasteiger partial charge in [0, 0.05) is 0 Å². The molecule has 0 aliphatic carbocycles. The summed E-state index contributed by atoms with van der Waals surface area (Å²) in [4.78, 5) is 35.3. The predicted octanol–water partition coefficient (Wildman–Crippen LogP) is 1.69. The molecule has 0 heterocycles. The van der Waals surface area contributed by atoms with Crippen LogP contribution < -0.4 is 5.32 Å². The molecule has 2 N–H and O–H groups in total. The van der Waals surface area contributed by atoms with E-state index >= 15 is 0 Å². The summed E-state index contributed by atoms with van der Waals surface area (Å²) in [5, 5.41) is 12.3. The molecule has 0 aliphatic heterocycles. The van der Waals surface area contributed by atoms with E-state index in [1.54, 1.807) is 42.5 Å². The molecule has 130 valence electrons. The number of amides is 1. The Kier molecular flexibility index (Phi) is 6.25. The second-order valence-corrected chi connectivity index (χ2v) is 5.01. The molecule has 0 radical (unpaired) electrons. The van der Waals surface area contributed by atoms with Crippen LogP contribution in [-0.2, 0) is 19.1 Å². The molecule has 1 amide bonds. The van der Waals surface area contributed by atoms with Gasteiger partial charge in [-0.3, -0.25) is 4.79 Å². The van der Waals surface area contributed by atoms with Crippen LogP contribution in [0, 0.1) is 0 Å². The summed E-state index contributed by atoms with van der Waals surface area (Å²) in [5.41, 5.74) is 0.775. The van der Waals surface area contributed by atoms with E-state index in [1.807, 2.05) is 0 Å². The average molecular weight is 343 g/mol. The number of aliphatic hydroxyl groups is 1. The van der Waals surface area contributed by atoms with Gasteiger partial charge in [-0.05, 0) is 17.7 Å². The summed E-state index contributed by atoms with van der Waals surface area (Å²) < 4.78 is 9.43. The molecule has 2 rings (SSSR count). The highest BCUT2D eigenvalue weighted by atomic mass is 16.5. The zero-order valence-electron chi connectivity index (χ0n) is 13.5. The maximum Gasteiger partial charge on any atom is 0.340 e. The number of anilines is 1. The summed E-state index contributed by atoms with van der Waals surface area (Å²) in [6.07, 6.45) is -1.48. The van der Waals surface area contributed by atoms with Gasteiger partial charge < -0.3 is 19.9 Å². The summed E-state index contributed by atoms with van der Waals surface area (Å²) in [6.45, 7) is -0.599. The highest BCUT2D eigenvalue weighted by Gasteiger charge is 2.20. The number of methoxy groups -OCH3 is 1. The van der Waals surface area contributed by atoms with Gasteiger partial charge in [-0.1, -0.05) is 42.5 Å². The molecule has 0 bridgehead atoms. The van der Waals surface area contributed by atoms with Crippen molar-refractivity contribution in [3.63, 3.8) is 0 Å². The Balaban J connectivity index is 1.93. The monoisotopic (exact) mass is 343 g/mol. The lowest BCUT2D eigenvalue weighted by Crippen LogP contribution is -2.24. The summed E-state index contributed by atoms with van der Waals surface area (Å²) in [5.74, 6) is -2.19. The van der Waals surface area contributed by atoms with Crippen LogP contribution in [0.25, 0.3) is 0 Å². The first-order chi connectivity index (χ1) is 12.0. The van der Waals surface area contributed by atoms with Crippen molar-refractivity contribution in [2.24, 2.45) is 0 Å². The summed E-state index contributed by atoms with van der Waals surface area (Å²) >= 11 is 0. The topological polar surface area (TPSA) is 102 Å². The fraction of sp³-hybridized carbons (Fsp3) is 0.167. The lowest BCUT2D eigenvalue weighted by Gasteiger charge is -2.12. The van der Waals surface area contributed by atoms with Gasteiger partial charge in [0.05, 0.1) is 18.4 Å². The largest absolute Gasteiger partial charge is 0.465 e. The van der Waals surface area contributed by atoms with Gasteiger partial charge in [0.2, 0.25) is 0 Å². The van der Waals surface area contributed by atoms with Gasteiger partial charge in [-0.25, -0.2) is 9.59 Å². The van der Waals surface area contributed by atoms with E-state index in [-0.39, 0.29) is 11.3 Å². The van der Waals surface area contributed by atoms with Crippen LogP contribution in [0.4, 0.5) is 5.69 Å². The van der Waals surface area contributed by atoms with Crippen molar-refractivity contribution in [1.82, 2.24) is 0 Å². The van der Waals surface area contributed by atoms with Crippen molar-refractivity contribution in [2.75, 3.05) is 19.0 Å². The lowest BCUT2D eigenvalue weighted by atomic mass is 10.1. The minimum Gasteiger partial charge on any atom is -0.465 e. The SMILES string of the molecule is COC(=O)c1ccccc1NC(=O)COC(=O)[C@@H](O)c1ccccc1. The summed E-state index contributed by atoms with van der Waals surface area (Å²) in [7, 11) is 1.23. The minimum atomic E-state index is -1.48. The number of hydrogen-bond acceptors (Lipinski definition) is 6. The van der Waals surface area contributed by atoms with E-state index in [9.17, 15) is 19.5 Å². The van der Waals surface area contributed by atoms with Crippen molar-refractivity contribution < 1.29 is 29.0 Å². The van der Waals surface area contributed by atoms with Crippen molar-refractivity contribution in [2.45, 2.75) is 6.10 Å². The third kappa shape index (κ3) is 4.89. The molecule has 0 unspecified atom stereocenters. The number of carbonyl (C=O) groups excluding carboxylic acids is 3. The number of carbonyl (C=O) groups is 3. The summed E-state index contributed by atoms with van der Waals surface area (Å²) in [6, 6.07) is 14.5. The van der Waals surface area contributed by atoms with E-state index in [4.69, 9.17) is 4.74 Å². The molecule has 2 aromatic rings. The Bertz CT molecular complexity index is 759. The van der Waals surface area contributed by atoms with Crippen molar-refractivity contribution >= 4 is 23.5 Å². The van der Waals surface area contributed by atoms with E-state index in [0.717, 1.165) is 0 Å². The number of rotatable bonds is 6. The standard InChI is InChI=1S/C18H17NO6/c1-24-17(22)13-9-5-6-10-14(13)19-15(20)11-25-18(23)16(21)12-7-3-2-4-8-12/h2-10,16,21H,11H2,1H3,(H,19,20)/t16-/m0/s1. The van der Waals surface area contributed by atoms with E-state index in [1.165, 1.54) is 19.2 Å². The van der Waals surface area contributed by atoms with Crippen LogP contribution in [0.1, 0.15) is 22.0 Å².